The minimum Gasteiger partial charge on any atom is -0.493 e. The highest BCUT2D eigenvalue weighted by Gasteiger charge is 2.13. The third kappa shape index (κ3) is 5.74. The predicted molar refractivity (Wildman–Crippen MR) is 111 cm³/mol. The van der Waals surface area contributed by atoms with Crippen molar-refractivity contribution < 1.29 is 23.5 Å². The summed E-state index contributed by atoms with van der Waals surface area (Å²) in [6.07, 6.45) is 0. The number of anilines is 1. The smallest absolute Gasteiger partial charge is 0.277 e. The molecule has 0 spiro atoms. The van der Waals surface area contributed by atoms with Crippen LogP contribution in [0.3, 0.4) is 0 Å². The van der Waals surface area contributed by atoms with Gasteiger partial charge in [-0.1, -0.05) is 30.0 Å². The molecule has 0 unspecified atom stereocenters. The Hall–Kier alpha value is -3.53. The van der Waals surface area contributed by atoms with Gasteiger partial charge in [0.25, 0.3) is 11.1 Å². The van der Waals surface area contributed by atoms with Crippen molar-refractivity contribution in [3.05, 3.63) is 60.0 Å². The highest BCUT2D eigenvalue weighted by molar-refractivity contribution is 7.99. The summed E-state index contributed by atoms with van der Waals surface area (Å²) in [5.74, 6) is 0.821. The molecule has 2 N–H and O–H groups in total. The van der Waals surface area contributed by atoms with Gasteiger partial charge >= 0.3 is 0 Å². The van der Waals surface area contributed by atoms with Gasteiger partial charge in [-0.2, -0.15) is 0 Å². The fraction of sp³-hybridized carbons (Fsp3) is 0.200. The number of carbonyl (C=O) groups is 2. The molecule has 1 heterocycles. The number of hydrogen-bond donors (Lipinski definition) is 2. The topological polar surface area (TPSA) is 116 Å². The third-order valence-corrected chi connectivity index (χ3v) is 4.70. The number of ether oxygens (including phenoxy) is 2. The van der Waals surface area contributed by atoms with Crippen LogP contribution in [0.25, 0.3) is 0 Å². The van der Waals surface area contributed by atoms with Crippen LogP contribution in [-0.4, -0.2) is 42.0 Å². The lowest BCUT2D eigenvalue weighted by Crippen LogP contribution is -2.23. The second-order valence-corrected chi connectivity index (χ2v) is 6.84. The van der Waals surface area contributed by atoms with E-state index in [1.54, 1.807) is 30.3 Å². The Labute approximate surface area is 177 Å². The molecule has 10 heteroatoms. The van der Waals surface area contributed by atoms with Crippen LogP contribution in [0.2, 0.25) is 0 Å². The lowest BCUT2D eigenvalue weighted by Gasteiger charge is -2.09. The standard InChI is InChI=1S/C20H20N4O5S/c1-27-15-9-8-13(10-16(15)28-2)19(26)21-11-18-23-24-20(29-18)30-12-17(25)22-14-6-4-3-5-7-14/h3-10H,11-12H2,1-2H3,(H,21,26)(H,22,25). The van der Waals surface area contributed by atoms with E-state index in [1.165, 1.54) is 14.2 Å². The zero-order chi connectivity index (χ0) is 21.3. The number of benzene rings is 2. The highest BCUT2D eigenvalue weighted by atomic mass is 32.2. The van der Waals surface area contributed by atoms with E-state index >= 15 is 0 Å². The third-order valence-electron chi connectivity index (χ3n) is 3.88. The van der Waals surface area contributed by atoms with Gasteiger partial charge in [-0.05, 0) is 30.3 Å². The molecule has 2 amide bonds. The molecule has 1 aromatic heterocycles. The first-order chi connectivity index (χ1) is 14.6. The number of aromatic nitrogens is 2. The maximum Gasteiger partial charge on any atom is 0.277 e. The van der Waals surface area contributed by atoms with Crippen LogP contribution >= 0.6 is 11.8 Å². The first-order valence-corrected chi connectivity index (χ1v) is 9.88. The molecule has 2 aromatic carbocycles. The van der Waals surface area contributed by atoms with Crippen LogP contribution < -0.4 is 20.1 Å². The van der Waals surface area contributed by atoms with Gasteiger partial charge in [-0.15, -0.1) is 10.2 Å². The molecule has 9 nitrogen and oxygen atoms in total. The Balaban J connectivity index is 1.48. The van der Waals surface area contributed by atoms with Crippen LogP contribution in [0.1, 0.15) is 16.2 Å². The molecule has 0 bridgehead atoms. The summed E-state index contributed by atoms with van der Waals surface area (Å²) in [7, 11) is 3.02. The summed E-state index contributed by atoms with van der Waals surface area (Å²) >= 11 is 1.11. The van der Waals surface area contributed by atoms with Crippen molar-refractivity contribution in [1.82, 2.24) is 15.5 Å². The highest BCUT2D eigenvalue weighted by Crippen LogP contribution is 2.27. The molecule has 3 rings (SSSR count). The van der Waals surface area contributed by atoms with Crippen LogP contribution in [-0.2, 0) is 11.3 Å². The lowest BCUT2D eigenvalue weighted by atomic mass is 10.2. The first-order valence-electron chi connectivity index (χ1n) is 8.89. The number of nitrogens with zero attached hydrogens (tertiary/aromatic N) is 2. The molecule has 0 aliphatic carbocycles. The minimum absolute atomic E-state index is 0.0525. The van der Waals surface area contributed by atoms with Crippen molar-refractivity contribution in [3.63, 3.8) is 0 Å². The predicted octanol–water partition coefficient (Wildman–Crippen LogP) is 2.75. The Bertz CT molecular complexity index is 1010. The summed E-state index contributed by atoms with van der Waals surface area (Å²) in [5, 5.41) is 13.5. The van der Waals surface area contributed by atoms with Crippen LogP contribution in [0, 0.1) is 0 Å². The monoisotopic (exact) mass is 428 g/mol. The van der Waals surface area contributed by atoms with Crippen molar-refractivity contribution in [2.24, 2.45) is 0 Å². The number of amides is 2. The molecule has 3 aromatic rings. The molecule has 0 radical (unpaired) electrons. The Morgan fingerprint density at radius 1 is 1.03 bits per heavy atom. The van der Waals surface area contributed by atoms with Gasteiger partial charge in [0, 0.05) is 11.3 Å². The van der Waals surface area contributed by atoms with E-state index in [2.05, 4.69) is 20.8 Å². The molecule has 0 fully saturated rings. The largest absolute Gasteiger partial charge is 0.493 e. The van der Waals surface area contributed by atoms with E-state index < -0.39 is 0 Å². The van der Waals surface area contributed by atoms with Gasteiger partial charge < -0.3 is 24.5 Å². The van der Waals surface area contributed by atoms with Gasteiger partial charge in [-0.3, -0.25) is 9.59 Å². The Kier molecular flexibility index (Phi) is 7.28. The second-order valence-electron chi connectivity index (χ2n) is 5.92. The minimum atomic E-state index is -0.328. The van der Waals surface area contributed by atoms with Crippen molar-refractivity contribution in [3.8, 4) is 11.5 Å². The molecular weight excluding hydrogens is 408 g/mol. The van der Waals surface area contributed by atoms with Gasteiger partial charge in [-0.25, -0.2) is 0 Å². The molecule has 0 saturated carbocycles. The summed E-state index contributed by atoms with van der Waals surface area (Å²) in [5.41, 5.74) is 1.12. The lowest BCUT2D eigenvalue weighted by molar-refractivity contribution is -0.113. The molecule has 0 saturated heterocycles. The Morgan fingerprint density at radius 3 is 2.53 bits per heavy atom. The molecule has 0 aliphatic heterocycles. The number of methoxy groups -OCH3 is 2. The normalized spacial score (nSPS) is 10.3. The van der Waals surface area contributed by atoms with E-state index in [1.807, 2.05) is 18.2 Å². The zero-order valence-electron chi connectivity index (χ0n) is 16.4. The molecule has 30 heavy (non-hydrogen) atoms. The Morgan fingerprint density at radius 2 is 1.80 bits per heavy atom. The second kappa shape index (κ2) is 10.3. The summed E-state index contributed by atoms with van der Waals surface area (Å²) < 4.78 is 15.8. The maximum absolute atomic E-state index is 12.3. The summed E-state index contributed by atoms with van der Waals surface area (Å²) in [6.45, 7) is 0.0525. The van der Waals surface area contributed by atoms with E-state index in [0.29, 0.717) is 22.7 Å². The van der Waals surface area contributed by atoms with E-state index in [9.17, 15) is 9.59 Å². The van der Waals surface area contributed by atoms with Gasteiger partial charge in [0.1, 0.15) is 0 Å². The van der Waals surface area contributed by atoms with Crippen molar-refractivity contribution >= 4 is 29.3 Å². The molecule has 0 aliphatic rings. The maximum atomic E-state index is 12.3. The number of thioether (sulfide) groups is 1. The van der Waals surface area contributed by atoms with E-state index in [-0.39, 0.29) is 35.2 Å². The van der Waals surface area contributed by atoms with Gasteiger partial charge in [0.2, 0.25) is 11.8 Å². The SMILES string of the molecule is COc1ccc(C(=O)NCc2nnc(SCC(=O)Nc3ccccc3)o2)cc1OC. The summed E-state index contributed by atoms with van der Waals surface area (Å²) in [6, 6.07) is 14.0. The number of rotatable bonds is 9. The van der Waals surface area contributed by atoms with E-state index in [4.69, 9.17) is 13.9 Å². The quantitative estimate of drug-likeness (QED) is 0.500. The first kappa shape index (κ1) is 21.2. The molecular formula is C20H20N4O5S. The van der Waals surface area contributed by atoms with Crippen molar-refractivity contribution in [2.45, 2.75) is 11.8 Å². The number of para-hydroxylation sites is 1. The fourth-order valence-electron chi connectivity index (χ4n) is 2.45. The zero-order valence-corrected chi connectivity index (χ0v) is 17.2. The average molecular weight is 428 g/mol. The summed E-state index contributed by atoms with van der Waals surface area (Å²) in [4.78, 5) is 24.3. The van der Waals surface area contributed by atoms with Gasteiger partial charge in [0.05, 0.1) is 26.5 Å². The average Bonchev–Trinajstić information content (AvgIpc) is 3.24. The van der Waals surface area contributed by atoms with E-state index in [0.717, 1.165) is 11.8 Å². The number of hydrogen-bond acceptors (Lipinski definition) is 8. The van der Waals surface area contributed by atoms with Crippen molar-refractivity contribution in [1.29, 1.82) is 0 Å². The van der Waals surface area contributed by atoms with Crippen LogP contribution in [0.5, 0.6) is 11.5 Å². The number of nitrogens with one attached hydrogen (secondary N) is 2. The van der Waals surface area contributed by atoms with Crippen molar-refractivity contribution in [2.75, 3.05) is 25.3 Å². The van der Waals surface area contributed by atoms with Crippen LogP contribution in [0.15, 0.2) is 58.2 Å². The molecule has 0 atom stereocenters. The van der Waals surface area contributed by atoms with Gasteiger partial charge in [0.15, 0.2) is 11.5 Å². The fourth-order valence-corrected chi connectivity index (χ4v) is 3.03. The molecule has 156 valence electrons. The van der Waals surface area contributed by atoms with Crippen LogP contribution in [0.4, 0.5) is 5.69 Å². The number of carbonyl (C=O) groups excluding carboxylic acids is 2.